The van der Waals surface area contributed by atoms with E-state index < -0.39 is 77.5 Å². The third-order valence-electron chi connectivity index (χ3n) is 15.6. The Balaban J connectivity index is 0.000000214. The summed E-state index contributed by atoms with van der Waals surface area (Å²) in [6.45, 7) is 19.1. The number of carbonyl (C=O) groups is 2. The Morgan fingerprint density at radius 1 is 0.655 bits per heavy atom. The minimum atomic E-state index is -3.78. The predicted molar refractivity (Wildman–Crippen MR) is 211 cm³/mol. The Morgan fingerprint density at radius 3 is 1.22 bits per heavy atom. The second-order valence-electron chi connectivity index (χ2n) is 18.1. The summed E-state index contributed by atoms with van der Waals surface area (Å²) in [5, 5.41) is 4.75. The van der Waals surface area contributed by atoms with E-state index in [1.165, 1.54) is 14.1 Å². The van der Waals surface area contributed by atoms with Gasteiger partial charge in [-0.25, -0.2) is 73.3 Å². The summed E-state index contributed by atoms with van der Waals surface area (Å²) < 4.78 is 57.9. The van der Waals surface area contributed by atoms with Gasteiger partial charge in [-0.1, -0.05) is 40.9 Å². The first-order valence-corrected chi connectivity index (χ1v) is 22.2. The van der Waals surface area contributed by atoms with E-state index in [1.54, 1.807) is 13.8 Å². The quantitative estimate of drug-likeness (QED) is 0.337. The van der Waals surface area contributed by atoms with Crippen molar-refractivity contribution in [3.05, 3.63) is 66.2 Å². The first kappa shape index (κ1) is 44.8. The number of carbonyl (C=O) groups excluding carboxylic acids is 2. The van der Waals surface area contributed by atoms with Gasteiger partial charge in [-0.15, -0.1) is 0 Å². The van der Waals surface area contributed by atoms with Crippen LogP contribution in [0.25, 0.3) is 0 Å². The number of sulfonamides is 2. The second-order valence-corrected chi connectivity index (χ2v) is 21.8. The van der Waals surface area contributed by atoms with E-state index in [1.807, 2.05) is 0 Å². The molecule has 20 nitrogen and oxygen atoms in total. The van der Waals surface area contributed by atoms with Crippen LogP contribution in [0.15, 0.2) is 43.5 Å². The molecule has 22 heteroatoms. The SMILES string of the molecule is C=C(C(=O)N1[C@H]2C[C@@H]3CC[C@@]2(CS1(=O)=O)C3(C)C)[C@H](C)n1[nH]c(=O)n(C)c1=O.C=C(C(=O)N1[C@H]2C[C@@H]3CC[C@@]2(CS1(=O)=O)C3(C)C)[C@H](C)n1[nH]c(=O)n(C)c1=O.O.O. The molecule has 0 radical (unpaired) electrons. The first-order valence-electron chi connectivity index (χ1n) is 19.0. The fraction of sp³-hybridized carbons (Fsp3) is 0.722. The number of nitrogens with zero attached hydrogens (tertiary/aromatic N) is 6. The molecule has 2 amide bonds. The van der Waals surface area contributed by atoms with Gasteiger partial charge in [0.05, 0.1) is 35.7 Å². The molecule has 6 N–H and O–H groups in total. The maximum atomic E-state index is 13.2. The number of hydrogen-bond acceptors (Lipinski definition) is 10. The molecule has 2 spiro atoms. The lowest BCUT2D eigenvalue weighted by atomic mass is 9.69. The summed E-state index contributed by atoms with van der Waals surface area (Å²) in [7, 11) is -4.91. The fourth-order valence-electron chi connectivity index (χ4n) is 11.5. The number of H-pyrrole nitrogens is 2. The Labute approximate surface area is 335 Å². The fourth-order valence-corrected chi connectivity index (χ4v) is 16.6. The molecule has 6 aliphatic rings. The Hall–Kier alpha value is -4.28. The normalized spacial score (nSPS) is 31.9. The molecule has 4 heterocycles. The van der Waals surface area contributed by atoms with Gasteiger partial charge in [0, 0.05) is 36.1 Å². The molecule has 0 aromatic carbocycles. The van der Waals surface area contributed by atoms with Crippen LogP contribution in [0.4, 0.5) is 0 Å². The molecule has 8 atom stereocenters. The van der Waals surface area contributed by atoms with Crippen molar-refractivity contribution in [1.82, 2.24) is 37.3 Å². The van der Waals surface area contributed by atoms with Crippen molar-refractivity contribution in [2.24, 2.45) is 47.6 Å². The number of nitrogens with one attached hydrogen (secondary N) is 2. The number of aromatic amines is 2. The molecule has 2 saturated heterocycles. The molecule has 0 unspecified atom stereocenters. The molecule has 324 valence electrons. The molecule has 2 aromatic heterocycles. The molecular weight excluding hydrogens is 801 g/mol. The summed E-state index contributed by atoms with van der Waals surface area (Å²) in [6.07, 6.45) is 4.90. The van der Waals surface area contributed by atoms with E-state index in [-0.39, 0.29) is 56.5 Å². The zero-order valence-electron chi connectivity index (χ0n) is 34.1. The van der Waals surface area contributed by atoms with Gasteiger partial charge >= 0.3 is 22.8 Å². The third-order valence-corrected chi connectivity index (χ3v) is 19.4. The van der Waals surface area contributed by atoms with Gasteiger partial charge in [-0.3, -0.25) is 9.59 Å². The first-order chi connectivity index (χ1) is 25.7. The third kappa shape index (κ3) is 5.63. The minimum Gasteiger partial charge on any atom is -0.412 e. The molecular formula is C36H56N8O12S2. The lowest BCUT2D eigenvalue weighted by Gasteiger charge is -2.37. The molecule has 2 aromatic rings. The van der Waals surface area contributed by atoms with Crippen LogP contribution in [0.5, 0.6) is 0 Å². The highest BCUT2D eigenvalue weighted by Crippen LogP contribution is 2.71. The topological polar surface area (TPSA) is 291 Å². The standard InChI is InChI=1S/2C18H26N4O5S.2H2O/c2*1-10(11(2)21-16(25)20(5)15(24)19-21)14(23)22-13-8-12-6-7-18(13,17(12,3)4)9-28(22,26)27;;/h2*11-13H,1,6-9H2,2-5H3,(H,19,24);2*1H2/t2*11-,12-,13-,18-;;/m00../s1. The zero-order chi connectivity index (χ0) is 41.6. The average molecular weight is 857 g/mol. The Morgan fingerprint density at radius 2 is 0.966 bits per heavy atom. The summed E-state index contributed by atoms with van der Waals surface area (Å²) >= 11 is 0. The summed E-state index contributed by atoms with van der Waals surface area (Å²) in [4.78, 5) is 74.2. The van der Waals surface area contributed by atoms with Crippen molar-refractivity contribution in [2.45, 2.75) is 104 Å². The van der Waals surface area contributed by atoms with E-state index in [2.05, 4.69) is 51.1 Å². The molecule has 58 heavy (non-hydrogen) atoms. The Kier molecular flexibility index (Phi) is 10.5. The van der Waals surface area contributed by atoms with Crippen molar-refractivity contribution >= 4 is 31.9 Å². The van der Waals surface area contributed by atoms with Crippen molar-refractivity contribution in [3.63, 3.8) is 0 Å². The highest BCUT2D eigenvalue weighted by Gasteiger charge is 2.73. The molecule has 4 saturated carbocycles. The number of fused-ring (bicyclic) bond motifs is 2. The van der Waals surface area contributed by atoms with E-state index in [0.29, 0.717) is 24.7 Å². The van der Waals surface area contributed by atoms with Gasteiger partial charge < -0.3 is 11.0 Å². The minimum absolute atomic E-state index is 0. The van der Waals surface area contributed by atoms with Crippen LogP contribution in [0.1, 0.15) is 92.2 Å². The molecule has 8 rings (SSSR count). The van der Waals surface area contributed by atoms with Crippen LogP contribution in [-0.2, 0) is 43.7 Å². The van der Waals surface area contributed by atoms with Crippen LogP contribution < -0.4 is 22.8 Å². The predicted octanol–water partition coefficient (Wildman–Crippen LogP) is -0.931. The van der Waals surface area contributed by atoms with Crippen molar-refractivity contribution in [3.8, 4) is 0 Å². The van der Waals surface area contributed by atoms with Gasteiger partial charge in [-0.2, -0.15) is 0 Å². The maximum absolute atomic E-state index is 13.2. The van der Waals surface area contributed by atoms with Crippen molar-refractivity contribution in [2.75, 3.05) is 11.5 Å². The highest BCUT2D eigenvalue weighted by atomic mass is 32.2. The van der Waals surface area contributed by atoms with E-state index in [4.69, 9.17) is 0 Å². The van der Waals surface area contributed by atoms with Gasteiger partial charge in [0.25, 0.3) is 11.8 Å². The van der Waals surface area contributed by atoms with E-state index in [9.17, 15) is 45.6 Å². The largest absolute Gasteiger partial charge is 0.412 e. The molecule has 4 aliphatic carbocycles. The lowest BCUT2D eigenvalue weighted by molar-refractivity contribution is -0.126. The monoisotopic (exact) mass is 856 g/mol. The van der Waals surface area contributed by atoms with Crippen LogP contribution in [0.3, 0.4) is 0 Å². The highest BCUT2D eigenvalue weighted by molar-refractivity contribution is 7.90. The lowest BCUT2D eigenvalue weighted by Crippen LogP contribution is -2.45. The van der Waals surface area contributed by atoms with Crippen molar-refractivity contribution in [1.29, 1.82) is 0 Å². The number of hydrogen-bond donors (Lipinski definition) is 2. The van der Waals surface area contributed by atoms with Gasteiger partial charge in [0.15, 0.2) is 0 Å². The Bertz CT molecular complexity index is 2400. The summed E-state index contributed by atoms with van der Waals surface area (Å²) in [5.41, 5.74) is -3.67. The van der Waals surface area contributed by atoms with Gasteiger partial charge in [0.2, 0.25) is 20.0 Å². The zero-order valence-corrected chi connectivity index (χ0v) is 35.8. The van der Waals surface area contributed by atoms with Crippen LogP contribution in [-0.4, -0.2) is 100 Å². The molecule has 2 aliphatic heterocycles. The smallest absolute Gasteiger partial charge is 0.347 e. The number of amides is 2. The van der Waals surface area contributed by atoms with Crippen LogP contribution >= 0.6 is 0 Å². The average Bonchev–Trinajstić information content (AvgIpc) is 3.92. The summed E-state index contributed by atoms with van der Waals surface area (Å²) in [6, 6.07) is -2.47. The van der Waals surface area contributed by atoms with E-state index in [0.717, 1.165) is 52.8 Å². The second kappa shape index (κ2) is 13.6. The van der Waals surface area contributed by atoms with Gasteiger partial charge in [0.1, 0.15) is 0 Å². The van der Waals surface area contributed by atoms with Gasteiger partial charge in [-0.05, 0) is 75.0 Å². The number of aromatic nitrogens is 6. The number of rotatable bonds is 6. The summed E-state index contributed by atoms with van der Waals surface area (Å²) in [5.74, 6) is -0.638. The van der Waals surface area contributed by atoms with Crippen LogP contribution in [0.2, 0.25) is 0 Å². The molecule has 4 bridgehead atoms. The van der Waals surface area contributed by atoms with Crippen LogP contribution in [0, 0.1) is 33.5 Å². The van der Waals surface area contributed by atoms with E-state index >= 15 is 0 Å². The maximum Gasteiger partial charge on any atom is 0.347 e. The molecule has 6 fully saturated rings. The van der Waals surface area contributed by atoms with Crippen molar-refractivity contribution < 1.29 is 37.4 Å².